The number of benzene rings is 6. The van der Waals surface area contributed by atoms with Crippen LogP contribution in [0.15, 0.2) is 214 Å². The molecule has 0 fully saturated rings. The van der Waals surface area contributed by atoms with Gasteiger partial charge >= 0.3 is 0 Å². The first-order chi connectivity index (χ1) is 32.2. The number of allylic oxidation sites excluding steroid dienone is 8. The molecule has 66 heavy (non-hydrogen) atoms. The first-order valence-corrected chi connectivity index (χ1v) is 23.4. The summed E-state index contributed by atoms with van der Waals surface area (Å²) in [6.45, 7) is 11.4. The number of rotatable bonds is 9. The molecule has 322 valence electrons. The molecule has 0 saturated heterocycles. The molecule has 2 aliphatic carbocycles. The van der Waals surface area contributed by atoms with Crippen molar-refractivity contribution in [1.29, 1.82) is 0 Å². The minimum Gasteiger partial charge on any atom is -0.383 e. The van der Waals surface area contributed by atoms with E-state index in [-0.39, 0.29) is 17.3 Å². The van der Waals surface area contributed by atoms with Gasteiger partial charge in [-0.1, -0.05) is 209 Å². The molecule has 7 aromatic rings. The van der Waals surface area contributed by atoms with E-state index in [0.717, 1.165) is 57.6 Å². The molecule has 0 saturated carbocycles. The Morgan fingerprint density at radius 1 is 0.667 bits per heavy atom. The second-order valence-corrected chi connectivity index (χ2v) is 18.6. The van der Waals surface area contributed by atoms with Crippen LogP contribution in [0.25, 0.3) is 39.6 Å². The third kappa shape index (κ3) is 8.58. The van der Waals surface area contributed by atoms with Gasteiger partial charge in [0.2, 0.25) is 0 Å². The van der Waals surface area contributed by atoms with Gasteiger partial charge in [0, 0.05) is 48.9 Å². The number of fused-ring (bicyclic) bond motifs is 2. The molecule has 1 aromatic heterocycles. The van der Waals surface area contributed by atoms with E-state index in [1.54, 1.807) is 11.8 Å². The maximum absolute atomic E-state index is 6.74. The number of aliphatic imine (C=N–C) groups is 2. The fourth-order valence-electron chi connectivity index (χ4n) is 9.15. The fourth-order valence-corrected chi connectivity index (χ4v) is 10.7. The van der Waals surface area contributed by atoms with Crippen LogP contribution < -0.4 is 5.73 Å². The molecule has 0 bridgehead atoms. The maximum Gasteiger partial charge on any atom is 0.163 e. The topological polar surface area (TPSA) is 89.4 Å². The lowest BCUT2D eigenvalue weighted by Crippen LogP contribution is -2.24. The van der Waals surface area contributed by atoms with E-state index in [2.05, 4.69) is 167 Å². The van der Waals surface area contributed by atoms with Crippen LogP contribution in [0.5, 0.6) is 0 Å². The molecule has 2 unspecified atom stereocenters. The summed E-state index contributed by atoms with van der Waals surface area (Å²) in [4.78, 5) is 27.7. The Kier molecular flexibility index (Phi) is 11.7. The van der Waals surface area contributed by atoms with Gasteiger partial charge in [-0.05, 0) is 70.4 Å². The Balaban J connectivity index is 0.985. The van der Waals surface area contributed by atoms with Crippen LogP contribution in [0, 0.1) is 5.92 Å². The number of amidine groups is 2. The monoisotopic (exact) mass is 874 g/mol. The van der Waals surface area contributed by atoms with Crippen LogP contribution >= 0.6 is 11.8 Å². The summed E-state index contributed by atoms with van der Waals surface area (Å²) in [5, 5.41) is 0. The zero-order valence-corrected chi connectivity index (χ0v) is 38.2. The molecule has 7 heteroatoms. The SMILES string of the molecule is C=C(/N=C(\N=C(/N)c1ccccc1)c1cccc(C2=CC=C(c3cccc(-c4nc(-c5ccccc5)nc(C5C=CC=CC5)n4)c3)CC2C)c1)c1cccc2c1Sc1ccccc1C2(C)C. The minimum atomic E-state index is -0.180. The maximum atomic E-state index is 6.74. The minimum absolute atomic E-state index is 0.0974. The van der Waals surface area contributed by atoms with E-state index in [9.17, 15) is 0 Å². The number of nitrogens with zero attached hydrogens (tertiary/aromatic N) is 5. The predicted octanol–water partition coefficient (Wildman–Crippen LogP) is 13.9. The van der Waals surface area contributed by atoms with Crippen molar-refractivity contribution >= 4 is 40.3 Å². The average Bonchev–Trinajstić information content (AvgIpc) is 3.36. The van der Waals surface area contributed by atoms with Gasteiger partial charge in [-0.2, -0.15) is 0 Å². The van der Waals surface area contributed by atoms with Crippen molar-refractivity contribution in [3.05, 3.63) is 239 Å². The normalized spacial score (nSPS) is 17.6. The van der Waals surface area contributed by atoms with Gasteiger partial charge in [0.25, 0.3) is 0 Å². The van der Waals surface area contributed by atoms with Crippen LogP contribution in [-0.2, 0) is 5.41 Å². The Hall–Kier alpha value is -7.48. The average molecular weight is 875 g/mol. The van der Waals surface area contributed by atoms with Gasteiger partial charge in [0.05, 0.1) is 5.70 Å². The smallest absolute Gasteiger partial charge is 0.163 e. The fraction of sp³-hybridized carbons (Fsp3) is 0.136. The summed E-state index contributed by atoms with van der Waals surface area (Å²) in [7, 11) is 0. The third-order valence-corrected chi connectivity index (χ3v) is 14.0. The van der Waals surface area contributed by atoms with E-state index >= 15 is 0 Å². The Morgan fingerprint density at radius 2 is 1.33 bits per heavy atom. The van der Waals surface area contributed by atoms with Crippen LogP contribution in [0.4, 0.5) is 0 Å². The van der Waals surface area contributed by atoms with Crippen LogP contribution in [0.2, 0.25) is 0 Å². The van der Waals surface area contributed by atoms with Crippen molar-refractivity contribution in [3.63, 3.8) is 0 Å². The highest BCUT2D eigenvalue weighted by molar-refractivity contribution is 7.99. The van der Waals surface area contributed by atoms with Crippen LogP contribution in [-0.4, -0.2) is 26.6 Å². The molecule has 6 nitrogen and oxygen atoms in total. The predicted molar refractivity (Wildman–Crippen MR) is 274 cm³/mol. The molecule has 1 aliphatic heterocycles. The molecule has 3 aliphatic rings. The summed E-state index contributed by atoms with van der Waals surface area (Å²) in [5.74, 6) is 3.37. The van der Waals surface area contributed by atoms with Crippen molar-refractivity contribution in [1.82, 2.24) is 15.0 Å². The van der Waals surface area contributed by atoms with Crippen molar-refractivity contribution in [2.24, 2.45) is 21.6 Å². The van der Waals surface area contributed by atoms with E-state index < -0.39 is 0 Å². The molecule has 2 atom stereocenters. The van der Waals surface area contributed by atoms with Gasteiger partial charge in [0.15, 0.2) is 17.5 Å². The Labute approximate surface area is 392 Å². The highest BCUT2D eigenvalue weighted by Gasteiger charge is 2.34. The summed E-state index contributed by atoms with van der Waals surface area (Å²) in [6, 6.07) is 52.2. The highest BCUT2D eigenvalue weighted by atomic mass is 32.2. The van der Waals surface area contributed by atoms with E-state index in [0.29, 0.717) is 29.0 Å². The van der Waals surface area contributed by atoms with E-state index in [4.69, 9.17) is 30.7 Å². The molecular formula is C59H50N6S. The first-order valence-electron chi connectivity index (χ1n) is 22.5. The number of aromatic nitrogens is 3. The van der Waals surface area contributed by atoms with E-state index in [1.165, 1.54) is 32.1 Å². The van der Waals surface area contributed by atoms with Gasteiger partial charge in [0.1, 0.15) is 11.7 Å². The molecule has 2 heterocycles. The summed E-state index contributed by atoms with van der Waals surface area (Å²) >= 11 is 1.78. The van der Waals surface area contributed by atoms with E-state index in [1.807, 2.05) is 48.5 Å². The summed E-state index contributed by atoms with van der Waals surface area (Å²) in [6.07, 6.45) is 14.7. The second kappa shape index (κ2) is 18.2. The molecule has 10 rings (SSSR count). The molecule has 2 N–H and O–H groups in total. The first kappa shape index (κ1) is 42.5. The Morgan fingerprint density at radius 3 is 2.12 bits per heavy atom. The van der Waals surface area contributed by atoms with Crippen LogP contribution in [0.3, 0.4) is 0 Å². The lowest BCUT2D eigenvalue weighted by atomic mass is 9.77. The van der Waals surface area contributed by atoms with Crippen molar-refractivity contribution < 1.29 is 0 Å². The largest absolute Gasteiger partial charge is 0.383 e. The number of hydrogen-bond acceptors (Lipinski definition) is 5. The standard InChI is InChI=1S/C59H50N6S/c1-38-35-44(43-25-16-27-46(36-43)58-64-55(41-21-10-6-11-22-41)63-56(65-58)42-23-12-7-13-24-42)33-34-48(38)45-26-17-28-47(37-45)57(62-54(60)40-19-8-5-9-20-40)61-39(2)49-29-18-31-51-53(49)66-52-32-15-14-30-50(52)59(51,3)4/h5-23,25-34,36-38,42H,2,24,35H2,1,3-4H3,(H2,60,61,62). The van der Waals surface area contributed by atoms with Crippen molar-refractivity contribution in [2.75, 3.05) is 0 Å². The van der Waals surface area contributed by atoms with Crippen molar-refractivity contribution in [2.45, 2.75) is 54.7 Å². The number of hydrogen-bond donors (Lipinski definition) is 1. The second-order valence-electron chi connectivity index (χ2n) is 17.6. The summed E-state index contributed by atoms with van der Waals surface area (Å²) < 4.78 is 0. The van der Waals surface area contributed by atoms with Gasteiger partial charge in [-0.25, -0.2) is 24.9 Å². The summed E-state index contributed by atoms with van der Waals surface area (Å²) in [5.41, 5.74) is 19.2. The highest BCUT2D eigenvalue weighted by Crippen LogP contribution is 2.51. The molecular weight excluding hydrogens is 825 g/mol. The van der Waals surface area contributed by atoms with Crippen molar-refractivity contribution in [3.8, 4) is 22.8 Å². The zero-order valence-electron chi connectivity index (χ0n) is 37.4. The quantitative estimate of drug-likeness (QED) is 0.115. The lowest BCUT2D eigenvalue weighted by Gasteiger charge is -2.35. The number of nitrogens with two attached hydrogens (primary N) is 1. The molecule has 0 spiro atoms. The molecule has 0 radical (unpaired) electrons. The van der Waals surface area contributed by atoms with Gasteiger partial charge in [-0.3, -0.25) is 0 Å². The Bertz CT molecular complexity index is 3190. The lowest BCUT2D eigenvalue weighted by molar-refractivity contribution is 0.606. The molecule has 6 aromatic carbocycles. The molecule has 0 amide bonds. The van der Waals surface area contributed by atoms with Crippen LogP contribution in [0.1, 0.15) is 84.3 Å². The van der Waals surface area contributed by atoms with Gasteiger partial charge < -0.3 is 5.73 Å². The third-order valence-electron chi connectivity index (χ3n) is 12.8. The van der Waals surface area contributed by atoms with Gasteiger partial charge in [-0.15, -0.1) is 0 Å². The zero-order chi connectivity index (χ0) is 45.2.